The number of anilines is 1. The van der Waals surface area contributed by atoms with E-state index in [4.69, 9.17) is 9.47 Å². The van der Waals surface area contributed by atoms with Crippen LogP contribution in [0.2, 0.25) is 0 Å². The molecule has 1 saturated carbocycles. The number of fused-ring (bicyclic) bond motifs is 1. The minimum Gasteiger partial charge on any atom is -0.497 e. The van der Waals surface area contributed by atoms with E-state index in [0.29, 0.717) is 11.6 Å². The van der Waals surface area contributed by atoms with Crippen LogP contribution in [-0.4, -0.2) is 25.0 Å². The molecule has 4 nitrogen and oxygen atoms in total. The minimum absolute atomic E-state index is 0.0378. The van der Waals surface area contributed by atoms with E-state index in [1.165, 1.54) is 0 Å². The number of carbonyl (C=O) groups is 1. The second-order valence-corrected chi connectivity index (χ2v) is 6.93. The van der Waals surface area contributed by atoms with Crippen LogP contribution in [0.1, 0.15) is 24.8 Å². The normalized spacial score (nSPS) is 24.9. The number of methoxy groups -OCH3 is 1. The highest BCUT2D eigenvalue weighted by atomic mass is 16.5. The third kappa shape index (κ3) is 3.32. The molecule has 4 rings (SSSR count). The van der Waals surface area contributed by atoms with E-state index < -0.39 is 0 Å². The second kappa shape index (κ2) is 7.24. The van der Waals surface area contributed by atoms with Gasteiger partial charge < -0.3 is 14.8 Å². The summed E-state index contributed by atoms with van der Waals surface area (Å²) in [5.74, 6) is 1.03. The standard InChI is InChI=1S/C22H23NO3/c1-25-18-10-7-16(8-11-18)23-17-9-12-19-21(13-17)26-14-20(22(19)24)15-5-3-2-4-6-15/h2-8,10-11,14,17,19,21,23H,9,12-13H2,1H3. The van der Waals surface area contributed by atoms with Crippen molar-refractivity contribution in [1.82, 2.24) is 0 Å². The van der Waals surface area contributed by atoms with Crippen molar-refractivity contribution in [2.24, 2.45) is 5.92 Å². The highest BCUT2D eigenvalue weighted by Gasteiger charge is 2.40. The van der Waals surface area contributed by atoms with Gasteiger partial charge in [0.1, 0.15) is 11.9 Å². The summed E-state index contributed by atoms with van der Waals surface area (Å²) in [6.07, 6.45) is 4.26. The molecule has 1 fully saturated rings. The molecule has 26 heavy (non-hydrogen) atoms. The third-order valence-corrected chi connectivity index (χ3v) is 5.30. The van der Waals surface area contributed by atoms with Crippen molar-refractivity contribution in [2.45, 2.75) is 31.4 Å². The lowest BCUT2D eigenvalue weighted by Crippen LogP contribution is -2.42. The van der Waals surface area contributed by atoms with Gasteiger partial charge in [-0.3, -0.25) is 4.79 Å². The minimum atomic E-state index is -0.0422. The van der Waals surface area contributed by atoms with Gasteiger partial charge in [-0.05, 0) is 42.7 Å². The summed E-state index contributed by atoms with van der Waals surface area (Å²) in [5.41, 5.74) is 2.71. The maximum absolute atomic E-state index is 12.9. The number of nitrogens with one attached hydrogen (secondary N) is 1. The van der Waals surface area contributed by atoms with Gasteiger partial charge in [0.25, 0.3) is 0 Å². The van der Waals surface area contributed by atoms with Gasteiger partial charge in [-0.25, -0.2) is 0 Å². The summed E-state index contributed by atoms with van der Waals surface area (Å²) in [5, 5.41) is 3.56. The van der Waals surface area contributed by atoms with Crippen LogP contribution in [0.3, 0.4) is 0 Å². The Labute approximate surface area is 153 Å². The summed E-state index contributed by atoms with van der Waals surface area (Å²) < 4.78 is 11.2. The molecular weight excluding hydrogens is 326 g/mol. The first-order valence-corrected chi connectivity index (χ1v) is 9.10. The first-order valence-electron chi connectivity index (χ1n) is 9.10. The molecule has 0 bridgehead atoms. The van der Waals surface area contributed by atoms with Gasteiger partial charge in [0.2, 0.25) is 0 Å². The number of Topliss-reactive ketones (excluding diaryl/α,β-unsaturated/α-hetero) is 1. The Morgan fingerprint density at radius 3 is 2.54 bits per heavy atom. The lowest BCUT2D eigenvalue weighted by molar-refractivity contribution is -0.124. The Morgan fingerprint density at radius 1 is 1.04 bits per heavy atom. The summed E-state index contributed by atoms with van der Waals surface area (Å²) in [6, 6.07) is 18.0. The lowest BCUT2D eigenvalue weighted by Gasteiger charge is -2.38. The molecule has 1 aliphatic carbocycles. The van der Waals surface area contributed by atoms with E-state index in [1.54, 1.807) is 13.4 Å². The lowest BCUT2D eigenvalue weighted by atomic mass is 9.77. The van der Waals surface area contributed by atoms with Crippen molar-refractivity contribution in [3.8, 4) is 5.75 Å². The number of hydrogen-bond acceptors (Lipinski definition) is 4. The highest BCUT2D eigenvalue weighted by molar-refractivity contribution is 6.22. The van der Waals surface area contributed by atoms with Gasteiger partial charge in [-0.1, -0.05) is 30.3 Å². The molecule has 0 saturated heterocycles. The number of allylic oxidation sites excluding steroid dienone is 1. The van der Waals surface area contributed by atoms with Crippen molar-refractivity contribution in [1.29, 1.82) is 0 Å². The van der Waals surface area contributed by atoms with E-state index in [9.17, 15) is 4.79 Å². The summed E-state index contributed by atoms with van der Waals surface area (Å²) in [6.45, 7) is 0. The van der Waals surface area contributed by atoms with Crippen LogP contribution in [0, 0.1) is 5.92 Å². The average Bonchev–Trinajstić information content (AvgIpc) is 2.69. The van der Waals surface area contributed by atoms with Crippen LogP contribution < -0.4 is 10.1 Å². The fraction of sp³-hybridized carbons (Fsp3) is 0.318. The van der Waals surface area contributed by atoms with Crippen molar-refractivity contribution in [3.63, 3.8) is 0 Å². The zero-order valence-corrected chi connectivity index (χ0v) is 14.9. The van der Waals surface area contributed by atoms with Crippen molar-refractivity contribution in [3.05, 3.63) is 66.4 Å². The molecule has 134 valence electrons. The molecule has 0 amide bonds. The molecule has 4 heteroatoms. The molecule has 2 aromatic rings. The number of hydrogen-bond donors (Lipinski definition) is 1. The van der Waals surface area contributed by atoms with Crippen LogP contribution >= 0.6 is 0 Å². The second-order valence-electron chi connectivity index (χ2n) is 6.93. The fourth-order valence-electron chi connectivity index (χ4n) is 3.87. The Hall–Kier alpha value is -2.75. The topological polar surface area (TPSA) is 47.6 Å². The van der Waals surface area contributed by atoms with Crippen molar-refractivity contribution in [2.75, 3.05) is 12.4 Å². The monoisotopic (exact) mass is 349 g/mol. The maximum atomic E-state index is 12.9. The zero-order valence-electron chi connectivity index (χ0n) is 14.9. The van der Waals surface area contributed by atoms with E-state index in [2.05, 4.69) is 5.32 Å². The molecule has 2 aliphatic rings. The van der Waals surface area contributed by atoms with Crippen LogP contribution in [0.15, 0.2) is 60.9 Å². The Morgan fingerprint density at radius 2 is 1.81 bits per heavy atom. The Balaban J connectivity index is 1.43. The summed E-state index contributed by atoms with van der Waals surface area (Å²) in [7, 11) is 1.67. The largest absolute Gasteiger partial charge is 0.497 e. The van der Waals surface area contributed by atoms with E-state index in [0.717, 1.165) is 36.3 Å². The van der Waals surface area contributed by atoms with Gasteiger partial charge in [0.05, 0.1) is 24.9 Å². The number of carbonyl (C=O) groups excluding carboxylic acids is 1. The molecule has 3 atom stereocenters. The van der Waals surface area contributed by atoms with Crippen LogP contribution in [0.5, 0.6) is 5.75 Å². The molecule has 0 aromatic heterocycles. The predicted molar refractivity (Wildman–Crippen MR) is 102 cm³/mol. The maximum Gasteiger partial charge on any atom is 0.173 e. The smallest absolute Gasteiger partial charge is 0.173 e. The molecule has 0 spiro atoms. The van der Waals surface area contributed by atoms with E-state index >= 15 is 0 Å². The van der Waals surface area contributed by atoms with Crippen LogP contribution in [0.25, 0.3) is 5.57 Å². The quantitative estimate of drug-likeness (QED) is 0.895. The molecular formula is C22H23NO3. The van der Waals surface area contributed by atoms with Crippen molar-refractivity contribution >= 4 is 17.0 Å². The number of ether oxygens (including phenoxy) is 2. The van der Waals surface area contributed by atoms with Gasteiger partial charge in [0, 0.05) is 18.2 Å². The SMILES string of the molecule is COc1ccc(NC2CCC3C(=O)C(c4ccccc4)=COC3C2)cc1. The number of ketones is 1. The molecule has 1 N–H and O–H groups in total. The number of rotatable bonds is 4. The summed E-state index contributed by atoms with van der Waals surface area (Å²) >= 11 is 0. The molecule has 2 aromatic carbocycles. The first-order chi connectivity index (χ1) is 12.7. The third-order valence-electron chi connectivity index (χ3n) is 5.30. The van der Waals surface area contributed by atoms with Crippen molar-refractivity contribution < 1.29 is 14.3 Å². The highest BCUT2D eigenvalue weighted by Crippen LogP contribution is 2.37. The number of benzene rings is 2. The van der Waals surface area contributed by atoms with Gasteiger partial charge in [0.15, 0.2) is 5.78 Å². The Bertz CT molecular complexity index is 798. The Kier molecular flexibility index (Phi) is 4.65. The molecule has 1 aliphatic heterocycles. The van der Waals surface area contributed by atoms with Crippen LogP contribution in [0.4, 0.5) is 5.69 Å². The predicted octanol–water partition coefficient (Wildman–Crippen LogP) is 4.28. The van der Waals surface area contributed by atoms with Crippen LogP contribution in [-0.2, 0) is 9.53 Å². The van der Waals surface area contributed by atoms with Gasteiger partial charge in [-0.2, -0.15) is 0 Å². The molecule has 3 unspecified atom stereocenters. The van der Waals surface area contributed by atoms with Gasteiger partial charge in [-0.15, -0.1) is 0 Å². The average molecular weight is 349 g/mol. The van der Waals surface area contributed by atoms with Gasteiger partial charge >= 0.3 is 0 Å². The fourth-order valence-corrected chi connectivity index (χ4v) is 3.87. The molecule has 0 radical (unpaired) electrons. The summed E-state index contributed by atoms with van der Waals surface area (Å²) in [4.78, 5) is 12.9. The molecule has 1 heterocycles. The zero-order chi connectivity index (χ0) is 17.9. The first kappa shape index (κ1) is 16.7. The van der Waals surface area contributed by atoms with E-state index in [-0.39, 0.29) is 17.8 Å². The van der Waals surface area contributed by atoms with E-state index in [1.807, 2.05) is 54.6 Å².